The van der Waals surface area contributed by atoms with Crippen LogP contribution >= 0.6 is 23.7 Å². The second kappa shape index (κ2) is 7.94. The molecule has 0 spiro atoms. The lowest BCUT2D eigenvalue weighted by molar-refractivity contribution is 0.245. The van der Waals surface area contributed by atoms with Gasteiger partial charge in [-0.2, -0.15) is 0 Å². The van der Waals surface area contributed by atoms with Crippen LogP contribution in [-0.4, -0.2) is 36.1 Å². The van der Waals surface area contributed by atoms with Crippen molar-refractivity contribution < 1.29 is 0 Å². The van der Waals surface area contributed by atoms with Crippen molar-refractivity contribution >= 4 is 28.9 Å². The lowest BCUT2D eigenvalue weighted by Gasteiger charge is -2.23. The number of nitrogens with two attached hydrogens (primary N) is 1. The third-order valence-corrected chi connectivity index (χ3v) is 4.29. The van der Waals surface area contributed by atoms with Crippen LogP contribution in [0.15, 0.2) is 6.20 Å². The van der Waals surface area contributed by atoms with Gasteiger partial charge in [0.2, 0.25) is 0 Å². The van der Waals surface area contributed by atoms with Gasteiger partial charge in [-0.25, -0.2) is 4.98 Å². The smallest absolute Gasteiger partial charge is 0.180 e. The molecular weight excluding hydrogens is 268 g/mol. The van der Waals surface area contributed by atoms with Crippen molar-refractivity contribution in [2.24, 2.45) is 0 Å². The standard InChI is InChI=1S/C12H22N4S.ClH/c1-16(10-4-2-3-5-10)7-6-14-8-11-9-15-12(13)17-11;/h9-10,14H,2-8H2,1H3,(H2,13,15);1H. The molecule has 0 aromatic carbocycles. The van der Waals surface area contributed by atoms with E-state index >= 15 is 0 Å². The Bertz CT molecular complexity index is 339. The zero-order valence-corrected chi connectivity index (χ0v) is 12.5. The van der Waals surface area contributed by atoms with E-state index < -0.39 is 0 Å². The topological polar surface area (TPSA) is 54.2 Å². The number of nitrogens with zero attached hydrogens (tertiary/aromatic N) is 2. The summed E-state index contributed by atoms with van der Waals surface area (Å²) in [5, 5.41) is 4.10. The summed E-state index contributed by atoms with van der Waals surface area (Å²) in [6.07, 6.45) is 7.42. The zero-order chi connectivity index (χ0) is 12.1. The molecule has 18 heavy (non-hydrogen) atoms. The van der Waals surface area contributed by atoms with Crippen LogP contribution in [0.3, 0.4) is 0 Å². The number of nitrogens with one attached hydrogen (secondary N) is 1. The first-order chi connectivity index (χ1) is 8.25. The highest BCUT2D eigenvalue weighted by molar-refractivity contribution is 7.15. The number of nitrogen functional groups attached to an aromatic ring is 1. The molecule has 0 radical (unpaired) electrons. The molecule has 1 saturated carbocycles. The van der Waals surface area contributed by atoms with Crippen LogP contribution < -0.4 is 11.1 Å². The molecule has 0 saturated heterocycles. The van der Waals surface area contributed by atoms with Crippen molar-refractivity contribution in [1.29, 1.82) is 0 Å². The molecule has 6 heteroatoms. The van der Waals surface area contributed by atoms with Crippen LogP contribution in [0.4, 0.5) is 5.13 Å². The molecule has 1 heterocycles. The first-order valence-electron chi connectivity index (χ1n) is 6.37. The number of hydrogen-bond acceptors (Lipinski definition) is 5. The molecule has 1 aliphatic rings. The van der Waals surface area contributed by atoms with Gasteiger partial charge in [0.15, 0.2) is 5.13 Å². The van der Waals surface area contributed by atoms with Crippen LogP contribution in [0.1, 0.15) is 30.6 Å². The van der Waals surface area contributed by atoms with Crippen molar-refractivity contribution in [2.45, 2.75) is 38.3 Å². The summed E-state index contributed by atoms with van der Waals surface area (Å²) in [6, 6.07) is 0.816. The average molecular weight is 291 g/mol. The van der Waals surface area contributed by atoms with E-state index in [0.29, 0.717) is 5.13 Å². The second-order valence-electron chi connectivity index (χ2n) is 4.76. The highest BCUT2D eigenvalue weighted by Crippen LogP contribution is 2.21. The van der Waals surface area contributed by atoms with Gasteiger partial charge in [0.1, 0.15) is 0 Å². The predicted molar refractivity (Wildman–Crippen MR) is 80.4 cm³/mol. The molecule has 1 fully saturated rings. The fourth-order valence-corrected chi connectivity index (χ4v) is 3.05. The van der Waals surface area contributed by atoms with E-state index in [1.165, 1.54) is 30.6 Å². The normalized spacial score (nSPS) is 16.1. The number of thiazole rings is 1. The van der Waals surface area contributed by atoms with E-state index in [9.17, 15) is 0 Å². The summed E-state index contributed by atoms with van der Waals surface area (Å²) in [7, 11) is 2.24. The van der Waals surface area contributed by atoms with Crippen molar-refractivity contribution in [3.05, 3.63) is 11.1 Å². The van der Waals surface area contributed by atoms with Crippen LogP contribution in [0.5, 0.6) is 0 Å². The average Bonchev–Trinajstić information content (AvgIpc) is 2.95. The minimum atomic E-state index is 0. The quantitative estimate of drug-likeness (QED) is 0.788. The third kappa shape index (κ3) is 4.72. The predicted octanol–water partition coefficient (Wildman–Crippen LogP) is 2.11. The molecule has 0 aliphatic heterocycles. The SMILES string of the molecule is CN(CCNCc1cnc(N)s1)C1CCCC1.Cl. The number of likely N-dealkylation sites (N-methyl/N-ethyl adjacent to an activating group) is 1. The molecule has 104 valence electrons. The molecule has 4 nitrogen and oxygen atoms in total. The number of hydrogen-bond donors (Lipinski definition) is 2. The van der Waals surface area contributed by atoms with Crippen molar-refractivity contribution in [3.8, 4) is 0 Å². The largest absolute Gasteiger partial charge is 0.375 e. The van der Waals surface area contributed by atoms with Gasteiger partial charge in [0, 0.05) is 36.8 Å². The maximum absolute atomic E-state index is 5.59. The van der Waals surface area contributed by atoms with E-state index in [0.717, 1.165) is 25.7 Å². The molecule has 0 atom stereocenters. The van der Waals surface area contributed by atoms with Crippen LogP contribution in [0.25, 0.3) is 0 Å². The molecule has 2 rings (SSSR count). The monoisotopic (exact) mass is 290 g/mol. The minimum Gasteiger partial charge on any atom is -0.375 e. The van der Waals surface area contributed by atoms with Gasteiger partial charge in [-0.1, -0.05) is 12.8 Å². The van der Waals surface area contributed by atoms with Crippen LogP contribution in [-0.2, 0) is 6.54 Å². The molecule has 3 N–H and O–H groups in total. The van der Waals surface area contributed by atoms with Gasteiger partial charge in [-0.05, 0) is 19.9 Å². The maximum Gasteiger partial charge on any atom is 0.180 e. The molecule has 0 amide bonds. The molecule has 0 bridgehead atoms. The Morgan fingerprint density at radius 1 is 1.50 bits per heavy atom. The lowest BCUT2D eigenvalue weighted by Crippen LogP contribution is -2.35. The maximum atomic E-state index is 5.59. The van der Waals surface area contributed by atoms with Crippen LogP contribution in [0.2, 0.25) is 0 Å². The van der Waals surface area contributed by atoms with Crippen molar-refractivity contribution in [1.82, 2.24) is 15.2 Å². The highest BCUT2D eigenvalue weighted by Gasteiger charge is 2.18. The van der Waals surface area contributed by atoms with Gasteiger partial charge in [-0.15, -0.1) is 23.7 Å². The van der Waals surface area contributed by atoms with Gasteiger partial charge < -0.3 is 16.0 Å². The number of aromatic nitrogens is 1. The fourth-order valence-electron chi connectivity index (χ4n) is 2.40. The first-order valence-corrected chi connectivity index (χ1v) is 7.18. The van der Waals surface area contributed by atoms with Gasteiger partial charge in [-0.3, -0.25) is 0 Å². The molecule has 0 unspecified atom stereocenters. The third-order valence-electron chi connectivity index (χ3n) is 3.46. The van der Waals surface area contributed by atoms with Crippen LogP contribution in [0, 0.1) is 0 Å². The van der Waals surface area contributed by atoms with Gasteiger partial charge >= 0.3 is 0 Å². The molecule has 1 aromatic rings. The first kappa shape index (κ1) is 15.7. The van der Waals surface area contributed by atoms with Crippen molar-refractivity contribution in [2.75, 3.05) is 25.9 Å². The molecule has 1 aromatic heterocycles. The van der Waals surface area contributed by atoms with Gasteiger partial charge in [0.25, 0.3) is 0 Å². The Morgan fingerprint density at radius 2 is 2.22 bits per heavy atom. The second-order valence-corrected chi connectivity index (χ2v) is 5.91. The summed E-state index contributed by atoms with van der Waals surface area (Å²) in [5.41, 5.74) is 5.59. The Hall–Kier alpha value is -0.360. The Morgan fingerprint density at radius 3 is 2.83 bits per heavy atom. The van der Waals surface area contributed by atoms with E-state index in [1.807, 2.05) is 6.20 Å². The Kier molecular flexibility index (Phi) is 6.92. The number of rotatable bonds is 6. The summed E-state index contributed by atoms with van der Waals surface area (Å²) < 4.78 is 0. The minimum absolute atomic E-state index is 0. The van der Waals surface area contributed by atoms with Gasteiger partial charge in [0.05, 0.1) is 0 Å². The fraction of sp³-hybridized carbons (Fsp3) is 0.750. The molecular formula is C12H23ClN4S. The zero-order valence-electron chi connectivity index (χ0n) is 10.9. The van der Waals surface area contributed by atoms with E-state index in [4.69, 9.17) is 5.73 Å². The Balaban J connectivity index is 0.00000162. The number of halogens is 1. The highest BCUT2D eigenvalue weighted by atomic mass is 35.5. The molecule has 1 aliphatic carbocycles. The summed E-state index contributed by atoms with van der Waals surface area (Å²) in [5.74, 6) is 0. The van der Waals surface area contributed by atoms with E-state index in [1.54, 1.807) is 11.3 Å². The lowest BCUT2D eigenvalue weighted by atomic mass is 10.2. The van der Waals surface area contributed by atoms with E-state index in [2.05, 4.69) is 22.2 Å². The summed E-state index contributed by atoms with van der Waals surface area (Å²) in [6.45, 7) is 3.04. The Labute approximate surface area is 119 Å². The summed E-state index contributed by atoms with van der Waals surface area (Å²) >= 11 is 1.56. The number of anilines is 1. The summed E-state index contributed by atoms with van der Waals surface area (Å²) in [4.78, 5) is 7.74. The van der Waals surface area contributed by atoms with Crippen molar-refractivity contribution in [3.63, 3.8) is 0 Å². The van der Waals surface area contributed by atoms with E-state index in [-0.39, 0.29) is 12.4 Å².